The van der Waals surface area contributed by atoms with Crippen molar-refractivity contribution in [1.82, 2.24) is 9.55 Å². The van der Waals surface area contributed by atoms with Crippen LogP contribution in [0, 0.1) is 20.8 Å². The summed E-state index contributed by atoms with van der Waals surface area (Å²) in [5.41, 5.74) is 6.14. The molecule has 0 atom stereocenters. The zero-order valence-electron chi connectivity index (χ0n) is 13.1. The molecule has 0 saturated heterocycles. The molecule has 0 saturated carbocycles. The van der Waals surface area contributed by atoms with Gasteiger partial charge in [0.2, 0.25) is 5.91 Å². The number of fused-ring (bicyclic) bond motifs is 1. The van der Waals surface area contributed by atoms with Crippen molar-refractivity contribution >= 4 is 22.6 Å². The van der Waals surface area contributed by atoms with Gasteiger partial charge in [0.1, 0.15) is 6.54 Å². The Labute approximate surface area is 129 Å². The lowest BCUT2D eigenvalue weighted by atomic mass is 10.1. The predicted octanol–water partition coefficient (Wildman–Crippen LogP) is 3.60. The van der Waals surface area contributed by atoms with Crippen molar-refractivity contribution in [2.45, 2.75) is 27.3 Å². The maximum absolute atomic E-state index is 12.4. The number of para-hydroxylation sites is 2. The molecule has 0 bridgehead atoms. The highest BCUT2D eigenvalue weighted by atomic mass is 16.1. The number of carbonyl (C=O) groups is 1. The van der Waals surface area contributed by atoms with E-state index in [2.05, 4.69) is 29.4 Å². The van der Waals surface area contributed by atoms with Crippen LogP contribution in [0.5, 0.6) is 0 Å². The Morgan fingerprint density at radius 2 is 1.82 bits per heavy atom. The summed E-state index contributed by atoms with van der Waals surface area (Å²) in [6, 6.07) is 12.0. The van der Waals surface area contributed by atoms with E-state index in [1.807, 2.05) is 42.7 Å². The van der Waals surface area contributed by atoms with Crippen LogP contribution in [0.3, 0.4) is 0 Å². The van der Waals surface area contributed by atoms with E-state index in [9.17, 15) is 4.79 Å². The molecule has 0 spiro atoms. The number of hydrogen-bond acceptors (Lipinski definition) is 2. The molecule has 3 rings (SSSR count). The molecule has 1 N–H and O–H groups in total. The summed E-state index contributed by atoms with van der Waals surface area (Å²) in [7, 11) is 0. The van der Waals surface area contributed by atoms with E-state index in [4.69, 9.17) is 0 Å². The van der Waals surface area contributed by atoms with Crippen molar-refractivity contribution in [2.24, 2.45) is 0 Å². The number of imidazole rings is 1. The number of nitrogens with zero attached hydrogens (tertiary/aromatic N) is 2. The van der Waals surface area contributed by atoms with Crippen LogP contribution in [0.1, 0.15) is 16.7 Å². The van der Waals surface area contributed by atoms with E-state index in [1.165, 1.54) is 5.56 Å². The molecule has 112 valence electrons. The van der Waals surface area contributed by atoms with Gasteiger partial charge in [-0.3, -0.25) is 4.79 Å². The second-order valence-corrected chi connectivity index (χ2v) is 5.68. The predicted molar refractivity (Wildman–Crippen MR) is 89.0 cm³/mol. The average Bonchev–Trinajstić information content (AvgIpc) is 2.86. The SMILES string of the molecule is Cc1cc(C)c(NC(=O)Cn2cnc3ccccc32)c(C)c1. The summed E-state index contributed by atoms with van der Waals surface area (Å²) in [6.45, 7) is 6.35. The van der Waals surface area contributed by atoms with Crippen LogP contribution in [0.25, 0.3) is 11.0 Å². The first-order valence-electron chi connectivity index (χ1n) is 7.32. The number of aryl methyl sites for hydroxylation is 3. The summed E-state index contributed by atoms with van der Waals surface area (Å²) >= 11 is 0. The fourth-order valence-corrected chi connectivity index (χ4v) is 2.85. The minimum absolute atomic E-state index is 0.0433. The first kappa shape index (κ1) is 14.3. The summed E-state index contributed by atoms with van der Waals surface area (Å²) in [6.07, 6.45) is 1.71. The lowest BCUT2D eigenvalue weighted by Gasteiger charge is -2.13. The lowest BCUT2D eigenvalue weighted by Crippen LogP contribution is -2.19. The second kappa shape index (κ2) is 5.64. The largest absolute Gasteiger partial charge is 0.324 e. The smallest absolute Gasteiger partial charge is 0.244 e. The van der Waals surface area contributed by atoms with Crippen LogP contribution in [0.2, 0.25) is 0 Å². The second-order valence-electron chi connectivity index (χ2n) is 5.68. The molecule has 1 amide bonds. The van der Waals surface area contributed by atoms with Crippen LogP contribution < -0.4 is 5.32 Å². The molecule has 0 fully saturated rings. The molecule has 4 heteroatoms. The first-order valence-corrected chi connectivity index (χ1v) is 7.32. The maximum atomic E-state index is 12.4. The average molecular weight is 293 g/mol. The quantitative estimate of drug-likeness (QED) is 0.802. The van der Waals surface area contributed by atoms with Crippen LogP contribution >= 0.6 is 0 Å². The Balaban J connectivity index is 1.81. The summed E-state index contributed by atoms with van der Waals surface area (Å²) in [5, 5.41) is 3.02. The van der Waals surface area contributed by atoms with Gasteiger partial charge in [0, 0.05) is 5.69 Å². The van der Waals surface area contributed by atoms with Gasteiger partial charge < -0.3 is 9.88 Å². The Hall–Kier alpha value is -2.62. The fraction of sp³-hybridized carbons (Fsp3) is 0.222. The van der Waals surface area contributed by atoms with Crippen LogP contribution in [-0.2, 0) is 11.3 Å². The summed E-state index contributed by atoms with van der Waals surface area (Å²) < 4.78 is 1.86. The Bertz CT molecular complexity index is 825. The molecule has 0 aliphatic heterocycles. The van der Waals surface area contributed by atoms with E-state index in [0.29, 0.717) is 0 Å². The number of hydrogen-bond donors (Lipinski definition) is 1. The molecule has 4 nitrogen and oxygen atoms in total. The van der Waals surface area contributed by atoms with Gasteiger partial charge in [-0.1, -0.05) is 29.8 Å². The number of rotatable bonds is 3. The lowest BCUT2D eigenvalue weighted by molar-refractivity contribution is -0.116. The third-order valence-corrected chi connectivity index (χ3v) is 3.78. The highest BCUT2D eigenvalue weighted by molar-refractivity contribution is 5.93. The van der Waals surface area contributed by atoms with Crippen molar-refractivity contribution in [3.8, 4) is 0 Å². The minimum atomic E-state index is -0.0433. The van der Waals surface area contributed by atoms with Crippen LogP contribution in [0.4, 0.5) is 5.69 Å². The summed E-state index contributed by atoms with van der Waals surface area (Å²) in [4.78, 5) is 16.7. The molecule has 0 unspecified atom stereocenters. The molecule has 2 aromatic carbocycles. The van der Waals surface area contributed by atoms with E-state index in [1.54, 1.807) is 6.33 Å². The Morgan fingerprint density at radius 3 is 2.55 bits per heavy atom. The van der Waals surface area contributed by atoms with Gasteiger partial charge >= 0.3 is 0 Å². The number of anilines is 1. The normalized spacial score (nSPS) is 10.9. The van der Waals surface area contributed by atoms with Gasteiger partial charge in [-0.15, -0.1) is 0 Å². The minimum Gasteiger partial charge on any atom is -0.324 e. The van der Waals surface area contributed by atoms with Crippen molar-refractivity contribution in [1.29, 1.82) is 0 Å². The molecule has 0 radical (unpaired) electrons. The first-order chi connectivity index (χ1) is 10.5. The van der Waals surface area contributed by atoms with E-state index in [0.717, 1.165) is 27.8 Å². The number of benzene rings is 2. The monoisotopic (exact) mass is 293 g/mol. The zero-order valence-corrected chi connectivity index (χ0v) is 13.1. The van der Waals surface area contributed by atoms with Gasteiger partial charge in [-0.2, -0.15) is 0 Å². The maximum Gasteiger partial charge on any atom is 0.244 e. The third-order valence-electron chi connectivity index (χ3n) is 3.78. The van der Waals surface area contributed by atoms with Crippen molar-refractivity contribution in [3.05, 3.63) is 59.4 Å². The topological polar surface area (TPSA) is 46.9 Å². The van der Waals surface area contributed by atoms with E-state index < -0.39 is 0 Å². The van der Waals surface area contributed by atoms with Gasteiger partial charge in [-0.05, 0) is 44.0 Å². The Kier molecular flexibility index (Phi) is 3.67. The van der Waals surface area contributed by atoms with E-state index >= 15 is 0 Å². The number of aromatic nitrogens is 2. The highest BCUT2D eigenvalue weighted by Crippen LogP contribution is 2.22. The molecule has 0 aliphatic rings. The van der Waals surface area contributed by atoms with Crippen molar-refractivity contribution < 1.29 is 4.79 Å². The fourth-order valence-electron chi connectivity index (χ4n) is 2.85. The Morgan fingerprint density at radius 1 is 1.14 bits per heavy atom. The van der Waals surface area contributed by atoms with Gasteiger partial charge in [0.05, 0.1) is 17.4 Å². The van der Waals surface area contributed by atoms with Crippen LogP contribution in [0.15, 0.2) is 42.7 Å². The number of carbonyl (C=O) groups excluding carboxylic acids is 1. The van der Waals surface area contributed by atoms with Crippen molar-refractivity contribution in [2.75, 3.05) is 5.32 Å². The van der Waals surface area contributed by atoms with Gasteiger partial charge in [-0.25, -0.2) is 4.98 Å². The molecule has 1 aromatic heterocycles. The summed E-state index contributed by atoms with van der Waals surface area (Å²) in [5.74, 6) is -0.0433. The van der Waals surface area contributed by atoms with Crippen LogP contribution in [-0.4, -0.2) is 15.5 Å². The van der Waals surface area contributed by atoms with Gasteiger partial charge in [0.15, 0.2) is 0 Å². The molecule has 3 aromatic rings. The molecule has 22 heavy (non-hydrogen) atoms. The molecular formula is C18H19N3O. The molecule has 1 heterocycles. The zero-order chi connectivity index (χ0) is 15.7. The molecule has 0 aliphatic carbocycles. The van der Waals surface area contributed by atoms with Crippen molar-refractivity contribution in [3.63, 3.8) is 0 Å². The van der Waals surface area contributed by atoms with E-state index in [-0.39, 0.29) is 12.5 Å². The third kappa shape index (κ3) is 2.72. The standard InChI is InChI=1S/C18H19N3O/c1-12-8-13(2)18(14(3)9-12)20-17(22)10-21-11-19-15-6-4-5-7-16(15)21/h4-9,11H,10H2,1-3H3,(H,20,22). The number of amides is 1. The molecular weight excluding hydrogens is 274 g/mol. The van der Waals surface area contributed by atoms with Gasteiger partial charge in [0.25, 0.3) is 0 Å². The highest BCUT2D eigenvalue weighted by Gasteiger charge is 2.10. The number of nitrogens with one attached hydrogen (secondary N) is 1.